The van der Waals surface area contributed by atoms with Crippen molar-refractivity contribution in [3.05, 3.63) is 113 Å². The molecule has 3 aromatic rings. The van der Waals surface area contributed by atoms with Crippen molar-refractivity contribution in [1.29, 1.82) is 0 Å². The zero-order chi connectivity index (χ0) is 31.9. The SMILES string of the molecule is CC1(C)\C(=C/C=C/C=C/C2N(CCC(=O)O)c3ccc4ccccc4c3C2(C)C)N(CCC(=O)O)c2ccc3c(c21)C=CCC3. The molecule has 2 heterocycles. The van der Waals surface area contributed by atoms with Crippen molar-refractivity contribution in [2.75, 3.05) is 22.9 Å². The molecule has 0 saturated carbocycles. The van der Waals surface area contributed by atoms with Crippen LogP contribution in [0, 0.1) is 0 Å². The quantitative estimate of drug-likeness (QED) is 0.242. The molecule has 2 N–H and O–H groups in total. The van der Waals surface area contributed by atoms with Gasteiger partial charge < -0.3 is 20.0 Å². The van der Waals surface area contributed by atoms with Gasteiger partial charge in [-0.25, -0.2) is 0 Å². The zero-order valence-corrected chi connectivity index (χ0v) is 26.6. The summed E-state index contributed by atoms with van der Waals surface area (Å²) in [6.45, 7) is 9.78. The Morgan fingerprint density at radius 2 is 1.60 bits per heavy atom. The van der Waals surface area contributed by atoms with E-state index in [9.17, 15) is 19.8 Å². The number of rotatable bonds is 9. The molecule has 6 rings (SSSR count). The van der Waals surface area contributed by atoms with Gasteiger partial charge in [0, 0.05) is 41.0 Å². The summed E-state index contributed by atoms with van der Waals surface area (Å²) in [5, 5.41) is 21.4. The maximum atomic E-state index is 11.6. The number of benzene rings is 3. The van der Waals surface area contributed by atoms with Gasteiger partial charge in [0.15, 0.2) is 0 Å². The number of hydrogen-bond donors (Lipinski definition) is 2. The molecular weight excluding hydrogens is 560 g/mol. The van der Waals surface area contributed by atoms with Crippen LogP contribution in [-0.2, 0) is 26.8 Å². The first kappa shape index (κ1) is 30.4. The Kier molecular flexibility index (Phi) is 7.94. The van der Waals surface area contributed by atoms with Crippen molar-refractivity contribution in [3.63, 3.8) is 0 Å². The topological polar surface area (TPSA) is 81.1 Å². The Morgan fingerprint density at radius 3 is 2.38 bits per heavy atom. The number of fused-ring (bicyclic) bond motifs is 6. The number of nitrogens with zero attached hydrogens (tertiary/aromatic N) is 2. The van der Waals surface area contributed by atoms with Gasteiger partial charge in [-0.2, -0.15) is 0 Å². The van der Waals surface area contributed by atoms with Crippen molar-refractivity contribution in [1.82, 2.24) is 0 Å². The molecule has 0 saturated heterocycles. The molecular formula is C39H42N2O4. The minimum absolute atomic E-state index is 0.0208. The summed E-state index contributed by atoms with van der Waals surface area (Å²) in [5.41, 5.74) is 7.87. The summed E-state index contributed by atoms with van der Waals surface area (Å²) in [5.74, 6) is -1.61. The highest BCUT2D eigenvalue weighted by atomic mass is 16.4. The first-order valence-corrected chi connectivity index (χ1v) is 15.9. The molecule has 3 aliphatic rings. The van der Waals surface area contributed by atoms with Crippen LogP contribution in [0.15, 0.2) is 90.7 Å². The number of aliphatic carboxylic acids is 2. The number of carboxylic acids is 2. The monoisotopic (exact) mass is 602 g/mol. The van der Waals surface area contributed by atoms with Crippen LogP contribution in [0.2, 0.25) is 0 Å². The van der Waals surface area contributed by atoms with E-state index in [1.165, 1.54) is 33.0 Å². The van der Waals surface area contributed by atoms with Gasteiger partial charge in [-0.05, 0) is 64.1 Å². The Labute approximate surface area is 265 Å². The van der Waals surface area contributed by atoms with E-state index in [2.05, 4.69) is 110 Å². The largest absolute Gasteiger partial charge is 0.481 e. The molecule has 2 aliphatic heterocycles. The average molecular weight is 603 g/mol. The number of anilines is 2. The summed E-state index contributed by atoms with van der Waals surface area (Å²) >= 11 is 0. The van der Waals surface area contributed by atoms with E-state index in [-0.39, 0.29) is 29.7 Å². The third-order valence-electron chi connectivity index (χ3n) is 9.85. The minimum atomic E-state index is -0.808. The second kappa shape index (κ2) is 11.7. The third kappa shape index (κ3) is 5.37. The van der Waals surface area contributed by atoms with Crippen LogP contribution in [0.3, 0.4) is 0 Å². The lowest BCUT2D eigenvalue weighted by Crippen LogP contribution is -2.41. The lowest BCUT2D eigenvalue weighted by molar-refractivity contribution is -0.137. The second-order valence-corrected chi connectivity index (χ2v) is 13.4. The molecule has 1 aliphatic carbocycles. The van der Waals surface area contributed by atoms with Gasteiger partial charge in [0.25, 0.3) is 0 Å². The lowest BCUT2D eigenvalue weighted by atomic mass is 9.78. The van der Waals surface area contributed by atoms with E-state index in [1.54, 1.807) is 0 Å². The van der Waals surface area contributed by atoms with Crippen LogP contribution < -0.4 is 9.80 Å². The summed E-state index contributed by atoms with van der Waals surface area (Å²) in [6.07, 6.45) is 17.1. The van der Waals surface area contributed by atoms with Crippen molar-refractivity contribution >= 4 is 40.2 Å². The average Bonchev–Trinajstić information content (AvgIpc) is 3.37. The number of carboxylic acid groups (broad SMARTS) is 2. The summed E-state index contributed by atoms with van der Waals surface area (Å²) in [7, 11) is 0. The Bertz CT molecular complexity index is 1790. The Morgan fingerprint density at radius 1 is 0.867 bits per heavy atom. The normalized spacial score (nSPS) is 20.4. The van der Waals surface area contributed by atoms with Gasteiger partial charge in [-0.15, -0.1) is 0 Å². The van der Waals surface area contributed by atoms with Crippen molar-refractivity contribution in [3.8, 4) is 0 Å². The van der Waals surface area contributed by atoms with E-state index in [0.29, 0.717) is 13.1 Å². The van der Waals surface area contributed by atoms with Gasteiger partial charge in [0.2, 0.25) is 0 Å². The molecule has 6 nitrogen and oxygen atoms in total. The second-order valence-electron chi connectivity index (χ2n) is 13.4. The molecule has 3 aromatic carbocycles. The van der Waals surface area contributed by atoms with E-state index >= 15 is 0 Å². The van der Waals surface area contributed by atoms with E-state index in [0.717, 1.165) is 29.9 Å². The molecule has 45 heavy (non-hydrogen) atoms. The van der Waals surface area contributed by atoms with Crippen molar-refractivity contribution in [2.24, 2.45) is 0 Å². The van der Waals surface area contributed by atoms with E-state index < -0.39 is 11.9 Å². The van der Waals surface area contributed by atoms with Crippen molar-refractivity contribution in [2.45, 2.75) is 70.3 Å². The number of allylic oxidation sites excluding steroid dienone is 6. The van der Waals surface area contributed by atoms with Gasteiger partial charge in [0.05, 0.1) is 18.9 Å². The summed E-state index contributed by atoms with van der Waals surface area (Å²) < 4.78 is 0. The maximum Gasteiger partial charge on any atom is 0.305 e. The van der Waals surface area contributed by atoms with Gasteiger partial charge >= 0.3 is 11.9 Å². The fraction of sp³-hybridized carbons (Fsp3) is 0.333. The summed E-state index contributed by atoms with van der Waals surface area (Å²) in [6, 6.07) is 17.0. The summed E-state index contributed by atoms with van der Waals surface area (Å²) in [4.78, 5) is 27.6. The van der Waals surface area contributed by atoms with Gasteiger partial charge in [-0.1, -0.05) is 101 Å². The molecule has 1 atom stereocenters. The number of carbonyl (C=O) groups is 2. The first-order valence-electron chi connectivity index (χ1n) is 15.9. The highest BCUT2D eigenvalue weighted by Crippen LogP contribution is 2.51. The van der Waals surface area contributed by atoms with Gasteiger partial charge in [-0.3, -0.25) is 9.59 Å². The van der Waals surface area contributed by atoms with Crippen LogP contribution >= 0.6 is 0 Å². The predicted octanol–water partition coefficient (Wildman–Crippen LogP) is 8.01. The van der Waals surface area contributed by atoms with Crippen LogP contribution in [0.25, 0.3) is 16.8 Å². The third-order valence-corrected chi connectivity index (χ3v) is 9.85. The fourth-order valence-electron chi connectivity index (χ4n) is 7.79. The van der Waals surface area contributed by atoms with Crippen molar-refractivity contribution < 1.29 is 19.8 Å². The van der Waals surface area contributed by atoms with Crippen LogP contribution in [0.1, 0.15) is 69.2 Å². The van der Waals surface area contributed by atoms with Crippen LogP contribution in [-0.4, -0.2) is 41.3 Å². The maximum absolute atomic E-state index is 11.6. The molecule has 0 bridgehead atoms. The molecule has 1 unspecified atom stereocenters. The zero-order valence-electron chi connectivity index (χ0n) is 26.6. The molecule has 232 valence electrons. The van der Waals surface area contributed by atoms with Crippen LogP contribution in [0.5, 0.6) is 0 Å². The molecule has 0 aromatic heterocycles. The molecule has 0 fully saturated rings. The van der Waals surface area contributed by atoms with Gasteiger partial charge in [0.1, 0.15) is 0 Å². The minimum Gasteiger partial charge on any atom is -0.481 e. The molecule has 0 amide bonds. The predicted molar refractivity (Wildman–Crippen MR) is 183 cm³/mol. The van der Waals surface area contributed by atoms with E-state index in [1.807, 2.05) is 18.2 Å². The first-order chi connectivity index (χ1) is 21.5. The number of hydrogen-bond acceptors (Lipinski definition) is 4. The highest BCUT2D eigenvalue weighted by molar-refractivity contribution is 5.93. The number of aryl methyl sites for hydroxylation is 1. The Hall–Kier alpha value is -4.58. The lowest BCUT2D eigenvalue weighted by Gasteiger charge is -2.32. The smallest absolute Gasteiger partial charge is 0.305 e. The Balaban J connectivity index is 1.32. The van der Waals surface area contributed by atoms with Crippen LogP contribution in [0.4, 0.5) is 11.4 Å². The fourth-order valence-corrected chi connectivity index (χ4v) is 7.79. The molecule has 0 spiro atoms. The molecule has 6 heteroatoms. The highest BCUT2D eigenvalue weighted by Gasteiger charge is 2.44. The van der Waals surface area contributed by atoms with E-state index in [4.69, 9.17) is 0 Å². The molecule has 0 radical (unpaired) electrons. The standard InChI is InChI=1S/C39H42N2O4/c1-38(2)32(40(24-22-34(42)43)30-20-18-26-12-8-10-14-28(26)36(30)38)16-6-5-7-17-33-39(3,4)37-29-15-11-9-13-27(29)19-21-31(37)41(33)25-23-35(44)45/h5-8,10-12,14-21,32H,9,13,22-25H2,1-4H3,(H,42,43)(H,44,45)/b7-5+,16-6+,33-17+.